The number of rotatable bonds is 3. The Labute approximate surface area is 43.6 Å². The van der Waals surface area contributed by atoms with Crippen LogP contribution in [0, 0.1) is 0 Å². The first-order chi connectivity index (χ1) is 2.91. The van der Waals surface area contributed by atoms with E-state index in [-0.39, 0.29) is 0 Å². The van der Waals surface area contributed by atoms with Crippen molar-refractivity contribution < 1.29 is 0 Å². The van der Waals surface area contributed by atoms with Crippen LogP contribution in [0.2, 0.25) is 0 Å². The highest BCUT2D eigenvalue weighted by Crippen LogP contribution is 2.32. The Kier molecular flexibility index (Phi) is 6.70. The summed E-state index contributed by atoms with van der Waals surface area (Å²) in [6.45, 7) is 4.58. The molecule has 0 radical (unpaired) electrons. The van der Waals surface area contributed by atoms with E-state index in [1.54, 1.807) is 0 Å². The van der Waals surface area contributed by atoms with Crippen molar-refractivity contribution in [2.75, 3.05) is 12.8 Å². The minimum atomic E-state index is 0.812. The summed E-state index contributed by atoms with van der Waals surface area (Å²) in [7, 11) is 2.11. The van der Waals surface area contributed by atoms with Crippen molar-refractivity contribution in [2.45, 2.75) is 13.3 Å². The van der Waals surface area contributed by atoms with Crippen LogP contribution in [-0.4, -0.2) is 12.8 Å². The normalized spacial score (nSPS) is 13.0. The first kappa shape index (κ1) is 6.86. The third kappa shape index (κ3) is 4.86. The molecule has 0 spiro atoms. The summed E-state index contributed by atoms with van der Waals surface area (Å²) in [6.07, 6.45) is 2.87. The lowest BCUT2D eigenvalue weighted by atomic mass is 10.6. The molecule has 6 heavy (non-hydrogen) atoms. The van der Waals surface area contributed by atoms with Gasteiger partial charge in [-0.3, -0.25) is 0 Å². The van der Waals surface area contributed by atoms with Gasteiger partial charge >= 0.3 is 0 Å². The van der Waals surface area contributed by atoms with E-state index in [0.29, 0.717) is 0 Å². The smallest absolute Gasteiger partial charge is 0.0464 e. The van der Waals surface area contributed by atoms with E-state index in [4.69, 9.17) is 0 Å². The number of hydrogen-bond acceptors (Lipinski definition) is 0. The Balaban J connectivity index is 2.34. The molecule has 0 aliphatic carbocycles. The first-order valence-corrected chi connectivity index (χ1v) is 6.60. The third-order valence-electron chi connectivity index (χ3n) is 0.598. The second-order valence-corrected chi connectivity index (χ2v) is 5.69. The standard InChI is InChI=1S/C4H12P2/c1-3-4-6-5-2/h5-6H,3-4H2,1-2H3/p+1. The van der Waals surface area contributed by atoms with E-state index in [9.17, 15) is 0 Å². The number of hydrogen-bond donors (Lipinski definition) is 0. The Bertz CT molecular complexity index is 17.5. The van der Waals surface area contributed by atoms with Crippen molar-refractivity contribution in [3.05, 3.63) is 0 Å². The summed E-state index contributed by atoms with van der Waals surface area (Å²) >= 11 is 0. The summed E-state index contributed by atoms with van der Waals surface area (Å²) in [5.41, 5.74) is 0. The van der Waals surface area contributed by atoms with E-state index in [2.05, 4.69) is 13.6 Å². The van der Waals surface area contributed by atoms with Gasteiger partial charge in [-0.15, -0.1) is 0 Å². The summed E-state index contributed by atoms with van der Waals surface area (Å²) in [5, 5.41) is 0. The van der Waals surface area contributed by atoms with Crippen LogP contribution in [0.15, 0.2) is 0 Å². The zero-order valence-electron chi connectivity index (χ0n) is 4.49. The van der Waals surface area contributed by atoms with Crippen molar-refractivity contribution in [1.29, 1.82) is 0 Å². The Morgan fingerprint density at radius 3 is 2.50 bits per heavy atom. The highest BCUT2D eigenvalue weighted by atomic mass is 32.0. The highest BCUT2D eigenvalue weighted by molar-refractivity contribution is 8.11. The lowest BCUT2D eigenvalue weighted by molar-refractivity contribution is 1.11. The molecule has 0 aliphatic heterocycles. The first-order valence-electron chi connectivity index (χ1n) is 2.43. The maximum atomic E-state index is 2.33. The van der Waals surface area contributed by atoms with Crippen LogP contribution in [0.5, 0.6) is 0 Å². The summed E-state index contributed by atoms with van der Waals surface area (Å²) in [5.74, 6) is 0. The molecule has 0 nitrogen and oxygen atoms in total. The lowest BCUT2D eigenvalue weighted by Crippen LogP contribution is -1.59. The molecule has 0 heterocycles. The lowest BCUT2D eigenvalue weighted by Gasteiger charge is -1.80. The molecule has 0 bridgehead atoms. The molecule has 0 aromatic heterocycles. The average molecular weight is 123 g/mol. The van der Waals surface area contributed by atoms with Gasteiger partial charge in [0.15, 0.2) is 0 Å². The molecule has 2 atom stereocenters. The molecule has 2 unspecified atom stereocenters. The monoisotopic (exact) mass is 123 g/mol. The maximum absolute atomic E-state index is 2.33. The van der Waals surface area contributed by atoms with E-state index in [0.717, 1.165) is 8.27 Å². The molecule has 2 heteroatoms. The molecule has 0 aromatic carbocycles. The molecule has 0 aliphatic rings. The largest absolute Gasteiger partial charge is 0.0649 e. The van der Waals surface area contributed by atoms with Crippen LogP contribution in [0.3, 0.4) is 0 Å². The molecule has 0 amide bonds. The van der Waals surface area contributed by atoms with Gasteiger partial charge in [0.25, 0.3) is 0 Å². The van der Waals surface area contributed by atoms with Crippen molar-refractivity contribution in [3.63, 3.8) is 0 Å². The summed E-state index contributed by atoms with van der Waals surface area (Å²) < 4.78 is 0. The van der Waals surface area contributed by atoms with Crippen molar-refractivity contribution in [1.82, 2.24) is 0 Å². The molecule has 0 saturated heterocycles. The Hall–Kier alpha value is 0.860. The van der Waals surface area contributed by atoms with E-state index in [1.165, 1.54) is 20.9 Å². The minimum Gasteiger partial charge on any atom is -0.0649 e. The van der Waals surface area contributed by atoms with Gasteiger partial charge in [-0.05, 0) is 20.9 Å². The van der Waals surface area contributed by atoms with E-state index < -0.39 is 0 Å². The fraction of sp³-hybridized carbons (Fsp3) is 1.00. The molecule has 38 valence electrons. The molecule has 0 N–H and O–H groups in total. The van der Waals surface area contributed by atoms with Crippen molar-refractivity contribution in [2.24, 2.45) is 0 Å². The van der Waals surface area contributed by atoms with Crippen LogP contribution >= 0.6 is 16.5 Å². The van der Waals surface area contributed by atoms with E-state index in [1.807, 2.05) is 0 Å². The third-order valence-corrected chi connectivity index (χ3v) is 3.89. The zero-order chi connectivity index (χ0) is 4.83. The van der Waals surface area contributed by atoms with Gasteiger partial charge in [0, 0.05) is 14.9 Å². The van der Waals surface area contributed by atoms with Crippen LogP contribution < -0.4 is 0 Å². The predicted molar refractivity (Wildman–Crippen MR) is 39.1 cm³/mol. The highest BCUT2D eigenvalue weighted by Gasteiger charge is 1.81. The fourth-order valence-electron chi connectivity index (χ4n) is 0.289. The van der Waals surface area contributed by atoms with Crippen LogP contribution in [0.4, 0.5) is 0 Å². The van der Waals surface area contributed by atoms with Gasteiger partial charge in [0.05, 0.1) is 0 Å². The molecular formula is C4H13P2+. The van der Waals surface area contributed by atoms with Crippen molar-refractivity contribution >= 4 is 16.5 Å². The van der Waals surface area contributed by atoms with Gasteiger partial charge in [0.2, 0.25) is 0 Å². The van der Waals surface area contributed by atoms with Crippen LogP contribution in [-0.2, 0) is 0 Å². The van der Waals surface area contributed by atoms with Gasteiger partial charge < -0.3 is 0 Å². The van der Waals surface area contributed by atoms with E-state index >= 15 is 0 Å². The molecule has 0 rings (SSSR count). The average Bonchev–Trinajstić information content (AvgIpc) is 1.61. The minimum absolute atomic E-state index is 0.812. The van der Waals surface area contributed by atoms with Crippen LogP contribution in [0.1, 0.15) is 13.3 Å². The fourth-order valence-corrected chi connectivity index (χ4v) is 2.60. The van der Waals surface area contributed by atoms with Crippen LogP contribution in [0.25, 0.3) is 0 Å². The topological polar surface area (TPSA) is 0 Å². The Morgan fingerprint density at radius 1 is 1.67 bits per heavy atom. The molecule has 0 fully saturated rings. The van der Waals surface area contributed by atoms with Gasteiger partial charge in [-0.1, -0.05) is 6.92 Å². The van der Waals surface area contributed by atoms with Gasteiger partial charge in [-0.2, -0.15) is 0 Å². The molecule has 0 aromatic rings. The SMILES string of the molecule is CCCP[PH2+]C. The van der Waals surface area contributed by atoms with Gasteiger partial charge in [0.1, 0.15) is 0 Å². The van der Waals surface area contributed by atoms with Crippen molar-refractivity contribution in [3.8, 4) is 0 Å². The quantitative estimate of drug-likeness (QED) is 0.398. The molecule has 0 saturated carbocycles. The second-order valence-electron chi connectivity index (χ2n) is 1.24. The molecular weight excluding hydrogens is 110 g/mol. The maximum Gasteiger partial charge on any atom is 0.0464 e. The summed E-state index contributed by atoms with van der Waals surface area (Å²) in [4.78, 5) is 0. The predicted octanol–water partition coefficient (Wildman–Crippen LogP) is 2.03. The summed E-state index contributed by atoms with van der Waals surface area (Å²) in [6, 6.07) is 0. The second kappa shape index (κ2) is 5.86. The zero-order valence-corrected chi connectivity index (χ0v) is 6.65. The van der Waals surface area contributed by atoms with Gasteiger partial charge in [-0.25, -0.2) is 0 Å². The Morgan fingerprint density at radius 2 is 2.33 bits per heavy atom.